The molecule has 0 radical (unpaired) electrons. The summed E-state index contributed by atoms with van der Waals surface area (Å²) in [4.78, 5) is 0. The minimum Gasteiger partial charge on any atom is -0.309 e. The molecule has 0 aliphatic heterocycles. The fraction of sp³-hybridized carbons (Fsp3) is 0.846. The molecular weight excluding hydrogens is 292 g/mol. The molecule has 102 valence electrons. The highest BCUT2D eigenvalue weighted by atomic mass is 79.9. The molecular formula is C13H23BrN4. The van der Waals surface area contributed by atoms with Crippen LogP contribution in [0.1, 0.15) is 57.2 Å². The van der Waals surface area contributed by atoms with Gasteiger partial charge in [0.05, 0.1) is 11.7 Å². The SMILES string of the molecule is CCNC(CCC1CCCC1)c1c(Br)nnn1C. The Morgan fingerprint density at radius 2 is 2.17 bits per heavy atom. The Bertz CT molecular complexity index is 352. The summed E-state index contributed by atoms with van der Waals surface area (Å²) >= 11 is 3.51. The van der Waals surface area contributed by atoms with Gasteiger partial charge in [0.2, 0.25) is 0 Å². The van der Waals surface area contributed by atoms with Crippen LogP contribution in [0.25, 0.3) is 0 Å². The van der Waals surface area contributed by atoms with Crippen molar-refractivity contribution in [2.75, 3.05) is 6.54 Å². The first kappa shape index (κ1) is 14.0. The van der Waals surface area contributed by atoms with E-state index in [0.29, 0.717) is 6.04 Å². The maximum absolute atomic E-state index is 4.09. The largest absolute Gasteiger partial charge is 0.309 e. The fourth-order valence-corrected chi connectivity index (χ4v) is 3.60. The van der Waals surface area contributed by atoms with Gasteiger partial charge >= 0.3 is 0 Å². The van der Waals surface area contributed by atoms with Crippen molar-refractivity contribution in [1.82, 2.24) is 20.3 Å². The summed E-state index contributed by atoms with van der Waals surface area (Å²) in [6.07, 6.45) is 8.18. The number of hydrogen-bond acceptors (Lipinski definition) is 3. The lowest BCUT2D eigenvalue weighted by atomic mass is 9.97. The third-order valence-electron chi connectivity index (χ3n) is 3.95. The molecule has 0 bridgehead atoms. The van der Waals surface area contributed by atoms with Crippen LogP contribution < -0.4 is 5.32 Å². The van der Waals surface area contributed by atoms with Crippen LogP contribution in [0.5, 0.6) is 0 Å². The molecule has 1 aliphatic rings. The van der Waals surface area contributed by atoms with Gasteiger partial charge in [-0.1, -0.05) is 37.8 Å². The monoisotopic (exact) mass is 314 g/mol. The highest BCUT2D eigenvalue weighted by molar-refractivity contribution is 9.10. The van der Waals surface area contributed by atoms with Crippen LogP contribution in [0.3, 0.4) is 0 Å². The summed E-state index contributed by atoms with van der Waals surface area (Å²) < 4.78 is 2.76. The van der Waals surface area contributed by atoms with E-state index in [2.05, 4.69) is 38.5 Å². The summed E-state index contributed by atoms with van der Waals surface area (Å²) in [5, 5.41) is 11.7. The van der Waals surface area contributed by atoms with Crippen LogP contribution >= 0.6 is 15.9 Å². The van der Waals surface area contributed by atoms with Gasteiger partial charge in [-0.15, -0.1) is 5.10 Å². The zero-order chi connectivity index (χ0) is 13.0. The third kappa shape index (κ3) is 3.32. The van der Waals surface area contributed by atoms with Gasteiger partial charge < -0.3 is 5.32 Å². The number of rotatable bonds is 6. The van der Waals surface area contributed by atoms with E-state index in [1.807, 2.05) is 11.7 Å². The Morgan fingerprint density at radius 1 is 1.44 bits per heavy atom. The predicted molar refractivity (Wildman–Crippen MR) is 76.3 cm³/mol. The first-order valence-electron chi connectivity index (χ1n) is 7.00. The highest BCUT2D eigenvalue weighted by Crippen LogP contribution is 2.32. The molecule has 18 heavy (non-hydrogen) atoms. The van der Waals surface area contributed by atoms with E-state index in [9.17, 15) is 0 Å². The smallest absolute Gasteiger partial charge is 0.153 e. The standard InChI is InChI=1S/C13H23BrN4/c1-3-15-11(9-8-10-6-4-5-7-10)12-13(14)16-17-18(12)2/h10-11,15H,3-9H2,1-2H3. The van der Waals surface area contributed by atoms with Gasteiger partial charge in [-0.2, -0.15) is 0 Å². The van der Waals surface area contributed by atoms with Crippen LogP contribution in [-0.4, -0.2) is 21.5 Å². The maximum atomic E-state index is 4.09. The molecule has 1 aliphatic carbocycles. The molecule has 1 saturated carbocycles. The van der Waals surface area contributed by atoms with Crippen LogP contribution in [0, 0.1) is 5.92 Å². The zero-order valence-corrected chi connectivity index (χ0v) is 12.9. The van der Waals surface area contributed by atoms with Gasteiger partial charge in [-0.25, -0.2) is 4.68 Å². The second-order valence-corrected chi connectivity index (χ2v) is 5.98. The van der Waals surface area contributed by atoms with E-state index < -0.39 is 0 Å². The maximum Gasteiger partial charge on any atom is 0.153 e. The zero-order valence-electron chi connectivity index (χ0n) is 11.3. The quantitative estimate of drug-likeness (QED) is 0.876. The van der Waals surface area contributed by atoms with Crippen molar-refractivity contribution in [3.05, 3.63) is 10.3 Å². The van der Waals surface area contributed by atoms with Gasteiger partial charge in [-0.3, -0.25) is 0 Å². The predicted octanol–water partition coefficient (Wildman–Crippen LogP) is 3.20. The van der Waals surface area contributed by atoms with Gasteiger partial charge in [0.1, 0.15) is 0 Å². The van der Waals surface area contributed by atoms with Crippen molar-refractivity contribution >= 4 is 15.9 Å². The van der Waals surface area contributed by atoms with E-state index in [0.717, 1.165) is 17.1 Å². The Balaban J connectivity index is 1.98. The molecule has 1 aromatic rings. The van der Waals surface area contributed by atoms with E-state index in [1.54, 1.807) is 0 Å². The lowest BCUT2D eigenvalue weighted by molar-refractivity contribution is 0.402. The minimum atomic E-state index is 0.366. The van der Waals surface area contributed by atoms with Crippen molar-refractivity contribution in [2.45, 2.75) is 51.5 Å². The molecule has 1 aromatic heterocycles. The average Bonchev–Trinajstić information content (AvgIpc) is 2.96. The molecule has 1 unspecified atom stereocenters. The third-order valence-corrected chi connectivity index (χ3v) is 4.51. The van der Waals surface area contributed by atoms with Crippen molar-refractivity contribution < 1.29 is 0 Å². The van der Waals surface area contributed by atoms with Crippen molar-refractivity contribution in [3.63, 3.8) is 0 Å². The molecule has 0 aromatic carbocycles. The Hall–Kier alpha value is -0.420. The van der Waals surface area contributed by atoms with Gasteiger partial charge in [0.15, 0.2) is 4.60 Å². The number of hydrogen-bond donors (Lipinski definition) is 1. The summed E-state index contributed by atoms with van der Waals surface area (Å²) in [6, 6.07) is 0.366. The molecule has 1 atom stereocenters. The summed E-state index contributed by atoms with van der Waals surface area (Å²) in [7, 11) is 1.97. The Kier molecular flexibility index (Phi) is 5.18. The molecule has 0 amide bonds. The second kappa shape index (κ2) is 6.66. The minimum absolute atomic E-state index is 0.366. The number of halogens is 1. The molecule has 4 nitrogen and oxygen atoms in total. The van der Waals surface area contributed by atoms with E-state index in [-0.39, 0.29) is 0 Å². The van der Waals surface area contributed by atoms with Gasteiger partial charge in [0, 0.05) is 7.05 Å². The van der Waals surface area contributed by atoms with Crippen LogP contribution in [-0.2, 0) is 7.05 Å². The fourth-order valence-electron chi connectivity index (χ4n) is 2.99. The van der Waals surface area contributed by atoms with Crippen LogP contribution in [0.15, 0.2) is 4.60 Å². The average molecular weight is 315 g/mol. The molecule has 2 rings (SSSR count). The number of aryl methyl sites for hydroxylation is 1. The molecule has 5 heteroatoms. The molecule has 1 heterocycles. The van der Waals surface area contributed by atoms with Crippen molar-refractivity contribution in [3.8, 4) is 0 Å². The number of nitrogens with zero attached hydrogens (tertiary/aromatic N) is 3. The lowest BCUT2D eigenvalue weighted by Crippen LogP contribution is -2.24. The van der Waals surface area contributed by atoms with Crippen LogP contribution in [0.4, 0.5) is 0 Å². The highest BCUT2D eigenvalue weighted by Gasteiger charge is 2.22. The van der Waals surface area contributed by atoms with Crippen molar-refractivity contribution in [2.24, 2.45) is 13.0 Å². The Morgan fingerprint density at radius 3 is 2.72 bits per heavy atom. The lowest BCUT2D eigenvalue weighted by Gasteiger charge is -2.20. The molecule has 1 N–H and O–H groups in total. The van der Waals surface area contributed by atoms with Gasteiger partial charge in [0.25, 0.3) is 0 Å². The molecule has 0 saturated heterocycles. The van der Waals surface area contributed by atoms with Gasteiger partial charge in [-0.05, 0) is 41.2 Å². The first-order valence-corrected chi connectivity index (χ1v) is 7.80. The van der Waals surface area contributed by atoms with E-state index >= 15 is 0 Å². The molecule has 1 fully saturated rings. The second-order valence-electron chi connectivity index (χ2n) is 5.23. The summed E-state index contributed by atoms with van der Waals surface area (Å²) in [5.41, 5.74) is 1.18. The normalized spacial score (nSPS) is 18.4. The number of nitrogens with one attached hydrogen (secondary N) is 1. The summed E-state index contributed by atoms with van der Waals surface area (Å²) in [5.74, 6) is 0.936. The number of aromatic nitrogens is 3. The molecule has 0 spiro atoms. The first-order chi connectivity index (χ1) is 8.72. The Labute approximate surface area is 118 Å². The van der Waals surface area contributed by atoms with E-state index in [1.165, 1.54) is 44.2 Å². The van der Waals surface area contributed by atoms with Crippen LogP contribution in [0.2, 0.25) is 0 Å². The van der Waals surface area contributed by atoms with E-state index in [4.69, 9.17) is 0 Å². The summed E-state index contributed by atoms with van der Waals surface area (Å²) in [6.45, 7) is 3.13. The topological polar surface area (TPSA) is 42.7 Å². The van der Waals surface area contributed by atoms with Crippen molar-refractivity contribution in [1.29, 1.82) is 0 Å².